The Hall–Kier alpha value is -3.28. The molecule has 1 atom stereocenters. The van der Waals surface area contributed by atoms with E-state index >= 15 is 0 Å². The zero-order valence-corrected chi connectivity index (χ0v) is 21.5. The molecule has 1 saturated carbocycles. The Morgan fingerprint density at radius 3 is 2.78 bits per heavy atom. The van der Waals surface area contributed by atoms with E-state index in [1.807, 2.05) is 23.7 Å². The molecule has 1 unspecified atom stereocenters. The Labute approximate surface area is 215 Å². The smallest absolute Gasteiger partial charge is 0.265 e. The molecule has 2 aliphatic rings. The molecular formula is C26H30N6O4S. The van der Waals surface area contributed by atoms with Gasteiger partial charge in [-0.2, -0.15) is 10.2 Å². The molecule has 4 heterocycles. The van der Waals surface area contributed by atoms with E-state index < -0.39 is 15.6 Å². The molecule has 1 aliphatic carbocycles. The summed E-state index contributed by atoms with van der Waals surface area (Å²) >= 11 is 0. The molecule has 0 bridgehead atoms. The molecule has 194 valence electrons. The van der Waals surface area contributed by atoms with E-state index in [4.69, 9.17) is 4.74 Å². The first kappa shape index (κ1) is 24.1. The van der Waals surface area contributed by atoms with Crippen molar-refractivity contribution in [1.29, 1.82) is 0 Å². The van der Waals surface area contributed by atoms with Crippen LogP contribution in [0.3, 0.4) is 0 Å². The number of nitrogens with one attached hydrogen (secondary N) is 1. The number of aromatic nitrogens is 5. The summed E-state index contributed by atoms with van der Waals surface area (Å²) in [5.41, 5.74) is 1.91. The van der Waals surface area contributed by atoms with Gasteiger partial charge in [0.2, 0.25) is 0 Å². The number of pyridine rings is 1. The molecule has 4 aromatic rings. The number of rotatable bonds is 6. The highest BCUT2D eigenvalue weighted by molar-refractivity contribution is 7.92. The summed E-state index contributed by atoms with van der Waals surface area (Å²) in [6.45, 7) is 2.56. The van der Waals surface area contributed by atoms with Crippen LogP contribution < -0.4 is 4.72 Å². The maximum absolute atomic E-state index is 13.4. The van der Waals surface area contributed by atoms with Gasteiger partial charge in [0.25, 0.3) is 10.0 Å². The number of anilines is 1. The van der Waals surface area contributed by atoms with Crippen LogP contribution in [0.15, 0.2) is 53.8 Å². The van der Waals surface area contributed by atoms with Gasteiger partial charge in [-0.3, -0.25) is 4.72 Å². The number of hydrogen-bond acceptors (Lipinski definition) is 7. The Kier molecular flexibility index (Phi) is 6.01. The fourth-order valence-corrected chi connectivity index (χ4v) is 6.46. The van der Waals surface area contributed by atoms with E-state index in [2.05, 4.69) is 19.9 Å². The van der Waals surface area contributed by atoms with Crippen LogP contribution in [-0.2, 0) is 20.4 Å². The topological polar surface area (TPSA) is 124 Å². The van der Waals surface area contributed by atoms with Gasteiger partial charge in [-0.1, -0.05) is 18.9 Å². The summed E-state index contributed by atoms with van der Waals surface area (Å²) in [7, 11) is -3.94. The second-order valence-corrected chi connectivity index (χ2v) is 11.6. The maximum Gasteiger partial charge on any atom is 0.265 e. The number of fused-ring (bicyclic) bond motifs is 1. The van der Waals surface area contributed by atoms with Crippen molar-refractivity contribution in [2.75, 3.05) is 11.3 Å². The van der Waals surface area contributed by atoms with Gasteiger partial charge in [-0.25, -0.2) is 22.8 Å². The molecule has 0 radical (unpaired) electrons. The molecule has 3 aromatic heterocycles. The number of nitrogens with zero attached hydrogens (tertiary/aromatic N) is 5. The molecule has 2 fully saturated rings. The lowest BCUT2D eigenvalue weighted by Gasteiger charge is -2.23. The summed E-state index contributed by atoms with van der Waals surface area (Å²) in [5.74, 6) is 0.450. The van der Waals surface area contributed by atoms with Crippen molar-refractivity contribution in [3.8, 4) is 5.82 Å². The highest BCUT2D eigenvalue weighted by Gasteiger charge is 2.33. The molecule has 11 heteroatoms. The second-order valence-electron chi connectivity index (χ2n) is 9.92. The minimum atomic E-state index is -3.94. The normalized spacial score (nSPS) is 19.9. The summed E-state index contributed by atoms with van der Waals surface area (Å²) in [4.78, 5) is 4.35. The van der Waals surface area contributed by atoms with Gasteiger partial charge in [-0.05, 0) is 68.9 Å². The van der Waals surface area contributed by atoms with Gasteiger partial charge in [0, 0.05) is 18.2 Å². The van der Waals surface area contributed by atoms with Gasteiger partial charge in [-0.15, -0.1) is 0 Å². The van der Waals surface area contributed by atoms with Crippen LogP contribution in [0.4, 0.5) is 5.69 Å². The van der Waals surface area contributed by atoms with E-state index in [-0.39, 0.29) is 11.1 Å². The van der Waals surface area contributed by atoms with Crippen LogP contribution in [0.5, 0.6) is 0 Å². The molecular weight excluding hydrogens is 492 g/mol. The number of hydrogen-bond donors (Lipinski definition) is 2. The summed E-state index contributed by atoms with van der Waals surface area (Å²) in [5, 5.41) is 20.6. The third kappa shape index (κ3) is 4.41. The zero-order chi connectivity index (χ0) is 25.6. The third-order valence-electron chi connectivity index (χ3n) is 7.40. The Balaban J connectivity index is 1.29. The number of aliphatic hydroxyl groups is 1. The predicted molar refractivity (Wildman–Crippen MR) is 138 cm³/mol. The lowest BCUT2D eigenvalue weighted by Crippen LogP contribution is -2.21. The first-order valence-corrected chi connectivity index (χ1v) is 14.2. The molecule has 6 rings (SSSR count). The molecule has 0 amide bonds. The quantitative estimate of drug-likeness (QED) is 0.389. The van der Waals surface area contributed by atoms with Crippen LogP contribution in [0.2, 0.25) is 0 Å². The summed E-state index contributed by atoms with van der Waals surface area (Å²) in [6, 6.07) is 9.05. The number of sulfonamides is 1. The third-order valence-corrected chi connectivity index (χ3v) is 8.72. The number of ether oxygens (including phenoxy) is 1. The van der Waals surface area contributed by atoms with E-state index in [0.717, 1.165) is 54.3 Å². The average molecular weight is 523 g/mol. The maximum atomic E-state index is 13.4. The fraction of sp³-hybridized carbons (Fsp3) is 0.423. The van der Waals surface area contributed by atoms with Gasteiger partial charge < -0.3 is 9.84 Å². The van der Waals surface area contributed by atoms with E-state index in [9.17, 15) is 13.5 Å². The van der Waals surface area contributed by atoms with Crippen molar-refractivity contribution in [1.82, 2.24) is 24.5 Å². The molecule has 0 spiro atoms. The van der Waals surface area contributed by atoms with Crippen molar-refractivity contribution in [2.45, 2.75) is 68.6 Å². The molecule has 1 aromatic carbocycles. The number of benzene rings is 1. The average Bonchev–Trinajstić information content (AvgIpc) is 3.65. The largest absolute Gasteiger partial charge is 0.385 e. The molecule has 10 nitrogen and oxygen atoms in total. The minimum Gasteiger partial charge on any atom is -0.385 e. The summed E-state index contributed by atoms with van der Waals surface area (Å²) in [6.07, 6.45) is 10.5. The van der Waals surface area contributed by atoms with E-state index in [1.54, 1.807) is 24.4 Å². The Bertz CT molecular complexity index is 1550. The molecule has 1 aliphatic heterocycles. The van der Waals surface area contributed by atoms with Crippen LogP contribution in [-0.4, -0.2) is 44.7 Å². The van der Waals surface area contributed by atoms with Crippen molar-refractivity contribution in [3.05, 3.63) is 60.2 Å². The van der Waals surface area contributed by atoms with Crippen LogP contribution in [0, 0.1) is 6.92 Å². The highest BCUT2D eigenvalue weighted by Crippen LogP contribution is 2.39. The molecule has 37 heavy (non-hydrogen) atoms. The summed E-state index contributed by atoms with van der Waals surface area (Å²) < 4.78 is 38.6. The van der Waals surface area contributed by atoms with Gasteiger partial charge in [0.1, 0.15) is 4.90 Å². The van der Waals surface area contributed by atoms with Gasteiger partial charge in [0.05, 0.1) is 34.9 Å². The van der Waals surface area contributed by atoms with E-state index in [1.165, 1.54) is 17.1 Å². The standard InChI is InChI=1S/C26H30N6O4S/c1-18-25-21(7-6-8-22(25)32(29-18)24-9-2-5-14-36-24)30-37(34,35)20-16-28-31(17-20)23-15-19(10-13-27-23)26(33)11-3-4-12-26/h6-8,10,13,15-17,24,30,33H,2-5,9,11-12,14H2,1H3. The number of aryl methyl sites for hydroxylation is 1. The lowest BCUT2D eigenvalue weighted by atomic mass is 9.93. The van der Waals surface area contributed by atoms with E-state index in [0.29, 0.717) is 31.0 Å². The van der Waals surface area contributed by atoms with Crippen LogP contribution in [0.25, 0.3) is 16.7 Å². The monoisotopic (exact) mass is 522 g/mol. The lowest BCUT2D eigenvalue weighted by molar-refractivity contribution is -0.0368. The van der Waals surface area contributed by atoms with Gasteiger partial charge in [0.15, 0.2) is 12.0 Å². The van der Waals surface area contributed by atoms with Crippen molar-refractivity contribution < 1.29 is 18.3 Å². The minimum absolute atomic E-state index is 0.0111. The first-order chi connectivity index (χ1) is 17.8. The van der Waals surface area contributed by atoms with Crippen LogP contribution >= 0.6 is 0 Å². The second kappa shape index (κ2) is 9.23. The van der Waals surface area contributed by atoms with Crippen molar-refractivity contribution >= 4 is 26.6 Å². The van der Waals surface area contributed by atoms with Gasteiger partial charge >= 0.3 is 0 Å². The highest BCUT2D eigenvalue weighted by atomic mass is 32.2. The van der Waals surface area contributed by atoms with Crippen LogP contribution in [0.1, 0.15) is 62.4 Å². The van der Waals surface area contributed by atoms with Crippen molar-refractivity contribution in [2.24, 2.45) is 0 Å². The molecule has 1 saturated heterocycles. The zero-order valence-electron chi connectivity index (χ0n) is 20.7. The molecule has 2 N–H and O–H groups in total. The Morgan fingerprint density at radius 1 is 1.16 bits per heavy atom. The SMILES string of the molecule is Cc1nn(C2CCCCO2)c2cccc(NS(=O)(=O)c3cnn(-c4cc(C5(O)CCCC5)ccn4)c3)c12. The fourth-order valence-electron chi connectivity index (χ4n) is 5.45. The van der Waals surface area contributed by atoms with Crippen molar-refractivity contribution in [3.63, 3.8) is 0 Å². The Morgan fingerprint density at radius 2 is 2.00 bits per heavy atom. The first-order valence-electron chi connectivity index (χ1n) is 12.7. The predicted octanol–water partition coefficient (Wildman–Crippen LogP) is 4.19.